The second kappa shape index (κ2) is 6.18. The molecule has 2 fully saturated rings. The summed E-state index contributed by atoms with van der Waals surface area (Å²) < 4.78 is 0. The van der Waals surface area contributed by atoms with Crippen LogP contribution in [-0.2, 0) is 0 Å². The summed E-state index contributed by atoms with van der Waals surface area (Å²) >= 11 is 0. The van der Waals surface area contributed by atoms with E-state index in [9.17, 15) is 4.79 Å². The zero-order valence-corrected chi connectivity index (χ0v) is 13.0. The zero-order valence-electron chi connectivity index (χ0n) is 13.0. The number of nitrogens with one attached hydrogen (secondary N) is 2. The first-order valence-electron chi connectivity index (χ1n) is 8.29. The van der Waals surface area contributed by atoms with Gasteiger partial charge in [0.25, 0.3) is 5.91 Å². The van der Waals surface area contributed by atoms with Crippen molar-refractivity contribution in [2.75, 3.05) is 6.54 Å². The molecule has 3 nitrogen and oxygen atoms in total. The molecule has 1 saturated carbocycles. The molecule has 1 amide bonds. The van der Waals surface area contributed by atoms with Crippen LogP contribution in [0.4, 0.5) is 0 Å². The maximum atomic E-state index is 12.4. The number of carbonyl (C=O) groups is 1. The number of carbonyl (C=O) groups excluding carboxylic acids is 1. The number of piperidine rings is 1. The maximum Gasteiger partial charge on any atom is 0.251 e. The Labute approximate surface area is 127 Å². The molecular formula is C18H26N2O. The van der Waals surface area contributed by atoms with Crippen LogP contribution < -0.4 is 10.6 Å². The summed E-state index contributed by atoms with van der Waals surface area (Å²) in [6.45, 7) is 3.07. The van der Waals surface area contributed by atoms with Gasteiger partial charge in [-0.05, 0) is 51.3 Å². The van der Waals surface area contributed by atoms with Crippen molar-refractivity contribution in [1.29, 1.82) is 0 Å². The first-order chi connectivity index (χ1) is 10.2. The quantitative estimate of drug-likeness (QED) is 0.876. The number of hydrogen-bond acceptors (Lipinski definition) is 2. The van der Waals surface area contributed by atoms with Gasteiger partial charge in [-0.2, -0.15) is 0 Å². The molecule has 1 aromatic carbocycles. The van der Waals surface area contributed by atoms with Gasteiger partial charge < -0.3 is 10.6 Å². The van der Waals surface area contributed by atoms with Crippen LogP contribution in [0.1, 0.15) is 60.9 Å². The Morgan fingerprint density at radius 2 is 1.90 bits per heavy atom. The molecule has 1 atom stereocenters. The van der Waals surface area contributed by atoms with E-state index in [4.69, 9.17) is 0 Å². The van der Waals surface area contributed by atoms with Gasteiger partial charge in [-0.15, -0.1) is 0 Å². The maximum absolute atomic E-state index is 12.4. The fourth-order valence-electron chi connectivity index (χ4n) is 3.86. The monoisotopic (exact) mass is 286 g/mol. The van der Waals surface area contributed by atoms with E-state index >= 15 is 0 Å². The highest BCUT2D eigenvalue weighted by Crippen LogP contribution is 2.34. The van der Waals surface area contributed by atoms with Crippen molar-refractivity contribution in [3.63, 3.8) is 0 Å². The van der Waals surface area contributed by atoms with Gasteiger partial charge in [-0.3, -0.25) is 4.79 Å². The minimum atomic E-state index is 0.0767. The van der Waals surface area contributed by atoms with Crippen molar-refractivity contribution in [3.05, 3.63) is 35.4 Å². The highest BCUT2D eigenvalue weighted by atomic mass is 16.1. The van der Waals surface area contributed by atoms with Crippen LogP contribution in [0.2, 0.25) is 0 Å². The predicted molar refractivity (Wildman–Crippen MR) is 85.5 cm³/mol. The predicted octanol–water partition coefficient (Wildman–Crippen LogP) is 3.18. The normalized spacial score (nSPS) is 24.7. The third kappa shape index (κ3) is 3.46. The van der Waals surface area contributed by atoms with E-state index in [1.807, 2.05) is 31.2 Å². The molecule has 1 aliphatic heterocycles. The van der Waals surface area contributed by atoms with E-state index < -0.39 is 0 Å². The first kappa shape index (κ1) is 14.6. The van der Waals surface area contributed by atoms with E-state index in [1.54, 1.807) is 0 Å². The lowest BCUT2D eigenvalue weighted by Crippen LogP contribution is -2.57. The molecule has 0 radical (unpaired) electrons. The molecule has 1 heterocycles. The Morgan fingerprint density at radius 1 is 1.19 bits per heavy atom. The molecule has 3 heteroatoms. The molecule has 2 N–H and O–H groups in total. The highest BCUT2D eigenvalue weighted by Gasteiger charge is 2.37. The van der Waals surface area contributed by atoms with E-state index in [0.717, 1.165) is 24.9 Å². The number of amides is 1. The highest BCUT2D eigenvalue weighted by molar-refractivity contribution is 5.94. The summed E-state index contributed by atoms with van der Waals surface area (Å²) in [6, 6.07) is 8.16. The minimum absolute atomic E-state index is 0.0767. The van der Waals surface area contributed by atoms with Crippen LogP contribution in [0.5, 0.6) is 0 Å². The van der Waals surface area contributed by atoms with Crippen molar-refractivity contribution < 1.29 is 4.79 Å². The van der Waals surface area contributed by atoms with Crippen molar-refractivity contribution in [2.45, 2.75) is 63.5 Å². The van der Waals surface area contributed by atoms with Crippen molar-refractivity contribution in [1.82, 2.24) is 10.6 Å². The molecule has 0 aromatic heterocycles. The van der Waals surface area contributed by atoms with Gasteiger partial charge >= 0.3 is 0 Å². The van der Waals surface area contributed by atoms with Crippen LogP contribution in [0.15, 0.2) is 24.3 Å². The molecule has 21 heavy (non-hydrogen) atoms. The Bertz CT molecular complexity index is 483. The fourth-order valence-corrected chi connectivity index (χ4v) is 3.86. The number of rotatable bonds is 2. The fraction of sp³-hybridized carbons (Fsp3) is 0.611. The molecule has 1 aromatic rings. The average Bonchev–Trinajstić information content (AvgIpc) is 2.49. The van der Waals surface area contributed by atoms with Crippen LogP contribution >= 0.6 is 0 Å². The van der Waals surface area contributed by atoms with E-state index in [2.05, 4.69) is 10.6 Å². The molecule has 0 bridgehead atoms. The average molecular weight is 286 g/mol. The van der Waals surface area contributed by atoms with Gasteiger partial charge in [0.05, 0.1) is 0 Å². The topological polar surface area (TPSA) is 41.1 Å². The molecule has 114 valence electrons. The molecular weight excluding hydrogens is 260 g/mol. The van der Waals surface area contributed by atoms with Crippen LogP contribution in [0, 0.1) is 6.92 Å². The summed E-state index contributed by atoms with van der Waals surface area (Å²) in [5, 5.41) is 6.98. The Morgan fingerprint density at radius 3 is 2.62 bits per heavy atom. The third-order valence-corrected chi connectivity index (χ3v) is 5.09. The van der Waals surface area contributed by atoms with Gasteiger partial charge in [-0.1, -0.05) is 37.0 Å². The molecule has 1 aliphatic carbocycles. The second-order valence-corrected chi connectivity index (χ2v) is 6.80. The van der Waals surface area contributed by atoms with Crippen LogP contribution in [0.25, 0.3) is 0 Å². The van der Waals surface area contributed by atoms with Gasteiger partial charge in [0.1, 0.15) is 0 Å². The lowest BCUT2D eigenvalue weighted by atomic mass is 9.75. The largest absolute Gasteiger partial charge is 0.349 e. The SMILES string of the molecule is Cc1ccc(C(=O)NC2CCNC3(CCCCC3)C2)cc1. The Hall–Kier alpha value is -1.35. The van der Waals surface area contributed by atoms with Crippen molar-refractivity contribution in [2.24, 2.45) is 0 Å². The standard InChI is InChI=1S/C18H26N2O/c1-14-5-7-15(8-6-14)17(21)20-16-9-12-19-18(13-16)10-3-2-4-11-18/h5-8,16,19H,2-4,9-13H2,1H3,(H,20,21). The Kier molecular flexibility index (Phi) is 4.29. The third-order valence-electron chi connectivity index (χ3n) is 5.09. The molecule has 2 aliphatic rings. The number of hydrogen-bond donors (Lipinski definition) is 2. The summed E-state index contributed by atoms with van der Waals surface area (Å²) in [5.74, 6) is 0.0767. The summed E-state index contributed by atoms with van der Waals surface area (Å²) in [5.41, 5.74) is 2.26. The van der Waals surface area contributed by atoms with E-state index in [1.165, 1.54) is 37.7 Å². The molecule has 1 saturated heterocycles. The first-order valence-corrected chi connectivity index (χ1v) is 8.29. The molecule has 1 spiro atoms. The van der Waals surface area contributed by atoms with Crippen molar-refractivity contribution >= 4 is 5.91 Å². The van der Waals surface area contributed by atoms with Gasteiger partial charge in [0.2, 0.25) is 0 Å². The second-order valence-electron chi connectivity index (χ2n) is 6.80. The summed E-state index contributed by atoms with van der Waals surface area (Å²) in [4.78, 5) is 12.4. The van der Waals surface area contributed by atoms with E-state index in [0.29, 0.717) is 11.6 Å². The van der Waals surface area contributed by atoms with Crippen LogP contribution in [-0.4, -0.2) is 24.0 Å². The van der Waals surface area contributed by atoms with E-state index in [-0.39, 0.29) is 5.91 Å². The van der Waals surface area contributed by atoms with Gasteiger partial charge in [-0.25, -0.2) is 0 Å². The zero-order chi connectivity index (χ0) is 14.7. The summed E-state index contributed by atoms with van der Waals surface area (Å²) in [7, 11) is 0. The van der Waals surface area contributed by atoms with Gasteiger partial charge in [0.15, 0.2) is 0 Å². The molecule has 1 unspecified atom stereocenters. The summed E-state index contributed by atoms with van der Waals surface area (Å²) in [6.07, 6.45) is 8.68. The van der Waals surface area contributed by atoms with Crippen LogP contribution in [0.3, 0.4) is 0 Å². The number of aryl methyl sites for hydroxylation is 1. The minimum Gasteiger partial charge on any atom is -0.349 e. The Balaban J connectivity index is 1.61. The number of benzene rings is 1. The molecule has 3 rings (SSSR count). The van der Waals surface area contributed by atoms with Gasteiger partial charge in [0, 0.05) is 17.1 Å². The van der Waals surface area contributed by atoms with Crippen molar-refractivity contribution in [3.8, 4) is 0 Å². The lowest BCUT2D eigenvalue weighted by Gasteiger charge is -2.44. The lowest BCUT2D eigenvalue weighted by molar-refractivity contribution is 0.0892. The smallest absolute Gasteiger partial charge is 0.251 e.